The fourth-order valence-electron chi connectivity index (χ4n) is 4.46. The average Bonchev–Trinajstić information content (AvgIpc) is 3.50. The summed E-state index contributed by atoms with van der Waals surface area (Å²) in [5, 5.41) is 4.10. The Morgan fingerprint density at radius 2 is 2.03 bits per heavy atom. The van der Waals surface area contributed by atoms with Crippen LogP contribution < -0.4 is 20.7 Å². The minimum absolute atomic E-state index is 0.336. The molecule has 1 amide bonds. The van der Waals surface area contributed by atoms with Gasteiger partial charge >= 0.3 is 0 Å². The van der Waals surface area contributed by atoms with E-state index in [1.54, 1.807) is 13.4 Å². The third kappa shape index (κ3) is 3.89. The Balaban J connectivity index is 1.49. The summed E-state index contributed by atoms with van der Waals surface area (Å²) in [4.78, 5) is 27.9. The van der Waals surface area contributed by atoms with Crippen molar-refractivity contribution >= 4 is 34.4 Å². The standard InChI is InChI=1S/C25H27N7O2/c1-15-11-17(12-21(34-3)16(15)2)31-13-22(27-14-31)29-25-28-19-8-5-4-7-18(19)24(30-25)32-10-6-9-20(32)23(26)33/h4-5,7-8,11-14,20H,6,9-10H2,1-3H3,(H2,26,33)(H,28,29,30)/t20-/m0/s1. The van der Waals surface area contributed by atoms with Gasteiger partial charge in [0, 0.05) is 18.0 Å². The Bertz CT molecular complexity index is 1380. The Hall–Kier alpha value is -4.14. The maximum Gasteiger partial charge on any atom is 0.240 e. The molecule has 4 aromatic rings. The van der Waals surface area contributed by atoms with Gasteiger partial charge in [0.1, 0.15) is 23.9 Å². The number of fused-ring (bicyclic) bond motifs is 1. The van der Waals surface area contributed by atoms with Crippen LogP contribution in [0.2, 0.25) is 0 Å². The van der Waals surface area contributed by atoms with Crippen LogP contribution in [-0.2, 0) is 4.79 Å². The summed E-state index contributed by atoms with van der Waals surface area (Å²) in [5.41, 5.74) is 9.64. The molecule has 0 radical (unpaired) electrons. The molecule has 5 rings (SSSR count). The molecular formula is C25H27N7O2. The van der Waals surface area contributed by atoms with Crippen LogP contribution in [0.3, 0.4) is 0 Å². The first-order valence-corrected chi connectivity index (χ1v) is 11.2. The molecule has 1 fully saturated rings. The van der Waals surface area contributed by atoms with Crippen LogP contribution in [0.5, 0.6) is 5.75 Å². The van der Waals surface area contributed by atoms with Crippen LogP contribution >= 0.6 is 0 Å². The molecule has 1 aliphatic heterocycles. The zero-order valence-electron chi connectivity index (χ0n) is 19.4. The second-order valence-electron chi connectivity index (χ2n) is 8.52. The quantitative estimate of drug-likeness (QED) is 0.455. The topological polar surface area (TPSA) is 111 Å². The van der Waals surface area contributed by atoms with Crippen molar-refractivity contribution < 1.29 is 9.53 Å². The summed E-state index contributed by atoms with van der Waals surface area (Å²) >= 11 is 0. The molecule has 34 heavy (non-hydrogen) atoms. The number of amides is 1. The smallest absolute Gasteiger partial charge is 0.240 e. The number of primary amides is 1. The Morgan fingerprint density at radius 1 is 1.21 bits per heavy atom. The molecule has 0 aliphatic carbocycles. The number of hydrogen-bond acceptors (Lipinski definition) is 7. The highest BCUT2D eigenvalue weighted by atomic mass is 16.5. The van der Waals surface area contributed by atoms with Crippen LogP contribution in [-0.4, -0.2) is 45.1 Å². The second kappa shape index (κ2) is 8.66. The van der Waals surface area contributed by atoms with E-state index >= 15 is 0 Å². The lowest BCUT2D eigenvalue weighted by Crippen LogP contribution is -2.40. The number of nitrogens with one attached hydrogen (secondary N) is 1. The number of aromatic nitrogens is 4. The van der Waals surface area contributed by atoms with Gasteiger partial charge in [0.25, 0.3) is 0 Å². The van der Waals surface area contributed by atoms with Crippen LogP contribution in [0.15, 0.2) is 48.9 Å². The lowest BCUT2D eigenvalue weighted by molar-refractivity contribution is -0.119. The number of aryl methyl sites for hydroxylation is 1. The number of carbonyl (C=O) groups excluding carboxylic acids is 1. The summed E-state index contributed by atoms with van der Waals surface area (Å²) in [7, 11) is 1.67. The van der Waals surface area contributed by atoms with E-state index in [4.69, 9.17) is 15.5 Å². The molecule has 0 bridgehead atoms. The summed E-state index contributed by atoms with van der Waals surface area (Å²) in [6.07, 6.45) is 5.22. The molecular weight excluding hydrogens is 430 g/mol. The largest absolute Gasteiger partial charge is 0.496 e. The number of nitrogens with zero attached hydrogens (tertiary/aromatic N) is 5. The molecule has 0 spiro atoms. The van der Waals surface area contributed by atoms with E-state index in [2.05, 4.69) is 28.3 Å². The van der Waals surface area contributed by atoms with Gasteiger partial charge in [0.05, 0.1) is 24.5 Å². The molecule has 1 atom stereocenters. The predicted octanol–water partition coefficient (Wildman–Crippen LogP) is 3.64. The number of anilines is 3. The van der Waals surface area contributed by atoms with E-state index in [1.807, 2.05) is 52.9 Å². The van der Waals surface area contributed by atoms with E-state index < -0.39 is 0 Å². The molecule has 0 unspecified atom stereocenters. The minimum Gasteiger partial charge on any atom is -0.496 e. The van der Waals surface area contributed by atoms with Gasteiger partial charge in [-0.3, -0.25) is 4.79 Å². The van der Waals surface area contributed by atoms with Gasteiger partial charge in [-0.15, -0.1) is 0 Å². The van der Waals surface area contributed by atoms with Crippen LogP contribution in [0.4, 0.5) is 17.6 Å². The zero-order valence-corrected chi connectivity index (χ0v) is 19.4. The van der Waals surface area contributed by atoms with Crippen molar-refractivity contribution in [2.45, 2.75) is 32.7 Å². The van der Waals surface area contributed by atoms with Gasteiger partial charge < -0.3 is 25.3 Å². The van der Waals surface area contributed by atoms with Gasteiger partial charge in [-0.1, -0.05) is 12.1 Å². The maximum atomic E-state index is 12.0. The van der Waals surface area contributed by atoms with E-state index in [0.29, 0.717) is 17.6 Å². The monoisotopic (exact) mass is 457 g/mol. The third-order valence-electron chi connectivity index (χ3n) is 6.38. The molecule has 3 N–H and O–H groups in total. The number of rotatable bonds is 6. The Morgan fingerprint density at radius 3 is 2.82 bits per heavy atom. The predicted molar refractivity (Wildman–Crippen MR) is 132 cm³/mol. The van der Waals surface area contributed by atoms with Crippen molar-refractivity contribution in [3.63, 3.8) is 0 Å². The molecule has 1 saturated heterocycles. The molecule has 9 heteroatoms. The molecule has 2 aromatic heterocycles. The van der Waals surface area contributed by atoms with Gasteiger partial charge in [0.2, 0.25) is 11.9 Å². The molecule has 3 heterocycles. The molecule has 9 nitrogen and oxygen atoms in total. The average molecular weight is 458 g/mol. The minimum atomic E-state index is -0.370. The zero-order chi connectivity index (χ0) is 23.8. The van der Waals surface area contributed by atoms with Crippen molar-refractivity contribution in [2.75, 3.05) is 23.9 Å². The van der Waals surface area contributed by atoms with Gasteiger partial charge in [-0.25, -0.2) is 9.97 Å². The highest BCUT2D eigenvalue weighted by Gasteiger charge is 2.31. The number of nitrogens with two attached hydrogens (primary N) is 1. The van der Waals surface area contributed by atoms with E-state index in [-0.39, 0.29) is 11.9 Å². The number of hydrogen-bond donors (Lipinski definition) is 2. The molecule has 2 aromatic carbocycles. The summed E-state index contributed by atoms with van der Waals surface area (Å²) in [6, 6.07) is 11.5. The van der Waals surface area contributed by atoms with Gasteiger partial charge in [-0.05, 0) is 56.0 Å². The number of benzene rings is 2. The highest BCUT2D eigenvalue weighted by molar-refractivity contribution is 5.94. The lowest BCUT2D eigenvalue weighted by atomic mass is 10.1. The fourth-order valence-corrected chi connectivity index (χ4v) is 4.46. The summed E-state index contributed by atoms with van der Waals surface area (Å²) in [6.45, 7) is 4.81. The first-order chi connectivity index (χ1) is 16.4. The van der Waals surface area contributed by atoms with Crippen molar-refractivity contribution in [3.05, 3.63) is 60.0 Å². The van der Waals surface area contributed by atoms with Crippen molar-refractivity contribution in [1.82, 2.24) is 19.5 Å². The number of carbonyl (C=O) groups is 1. The van der Waals surface area contributed by atoms with Crippen molar-refractivity contribution in [3.8, 4) is 11.4 Å². The lowest BCUT2D eigenvalue weighted by Gasteiger charge is -2.24. The van der Waals surface area contributed by atoms with Crippen molar-refractivity contribution in [1.29, 1.82) is 0 Å². The van der Waals surface area contributed by atoms with Crippen LogP contribution in [0.1, 0.15) is 24.0 Å². The normalized spacial score (nSPS) is 15.6. The van der Waals surface area contributed by atoms with Gasteiger partial charge in [-0.2, -0.15) is 4.98 Å². The fraction of sp³-hybridized carbons (Fsp3) is 0.280. The molecule has 0 saturated carbocycles. The number of para-hydroxylation sites is 1. The first-order valence-electron chi connectivity index (χ1n) is 11.2. The number of ether oxygens (including phenoxy) is 1. The Kier molecular flexibility index (Phi) is 5.53. The Labute approximate surface area is 197 Å². The van der Waals surface area contributed by atoms with Crippen LogP contribution in [0, 0.1) is 13.8 Å². The molecule has 1 aliphatic rings. The number of methoxy groups -OCH3 is 1. The van der Waals surface area contributed by atoms with E-state index in [1.165, 1.54) is 0 Å². The number of imidazole rings is 1. The second-order valence-corrected chi connectivity index (χ2v) is 8.52. The summed E-state index contributed by atoms with van der Waals surface area (Å²) in [5.74, 6) is 2.21. The molecule has 174 valence electrons. The van der Waals surface area contributed by atoms with Crippen LogP contribution in [0.25, 0.3) is 16.6 Å². The van der Waals surface area contributed by atoms with E-state index in [0.717, 1.165) is 52.9 Å². The summed E-state index contributed by atoms with van der Waals surface area (Å²) < 4.78 is 7.43. The van der Waals surface area contributed by atoms with Crippen molar-refractivity contribution in [2.24, 2.45) is 5.73 Å². The third-order valence-corrected chi connectivity index (χ3v) is 6.38. The SMILES string of the molecule is COc1cc(-n2cnc(Nc3nc(N4CCC[C@H]4C(N)=O)c4ccccc4n3)c2)cc(C)c1C. The highest BCUT2D eigenvalue weighted by Crippen LogP contribution is 2.32. The van der Waals surface area contributed by atoms with E-state index in [9.17, 15) is 4.79 Å². The maximum absolute atomic E-state index is 12.0. The first kappa shape index (κ1) is 21.7. The van der Waals surface area contributed by atoms with Gasteiger partial charge in [0.15, 0.2) is 5.82 Å².